The van der Waals surface area contributed by atoms with E-state index in [9.17, 15) is 39.7 Å². The van der Waals surface area contributed by atoms with Crippen molar-refractivity contribution in [2.45, 2.75) is 62.3 Å². The molecule has 4 atom stereocenters. The van der Waals surface area contributed by atoms with Gasteiger partial charge in [0.05, 0.1) is 32.8 Å². The number of nitro benzene ring substituents is 2. The van der Waals surface area contributed by atoms with Gasteiger partial charge < -0.3 is 24.4 Å². The topological polar surface area (TPSA) is 200 Å². The quantitative estimate of drug-likeness (QED) is 0.0882. The predicted octanol–water partition coefficient (Wildman–Crippen LogP) is 5.42. The molecule has 0 saturated carbocycles. The number of nitrogens with zero attached hydrogens (tertiary/aromatic N) is 6. The van der Waals surface area contributed by atoms with Crippen molar-refractivity contribution in [1.82, 2.24) is 19.2 Å². The average Bonchev–Trinajstić information content (AvgIpc) is 3.80. The number of carbonyl (C=O) groups excluding carboxylic acids is 3. The summed E-state index contributed by atoms with van der Waals surface area (Å²) >= 11 is 3.06. The second kappa shape index (κ2) is 14.6. The zero-order chi connectivity index (χ0) is 37.6. The number of aliphatic hydroxyl groups excluding tert-OH is 1. The van der Waals surface area contributed by atoms with Crippen LogP contribution in [0.2, 0.25) is 0 Å². The molecule has 53 heavy (non-hydrogen) atoms. The Kier molecular flexibility index (Phi) is 9.93. The summed E-state index contributed by atoms with van der Waals surface area (Å²) in [6, 6.07) is 11.1. The Bertz CT molecular complexity index is 2120. The van der Waals surface area contributed by atoms with Crippen LogP contribution in [0.1, 0.15) is 42.7 Å². The molecule has 276 valence electrons. The molecule has 2 aromatic heterocycles. The molecular formula is C35H34N6O10S2. The number of esters is 1. The van der Waals surface area contributed by atoms with E-state index in [4.69, 9.17) is 9.47 Å². The number of β-lactam (4-membered cyclic amide) rings is 1. The van der Waals surface area contributed by atoms with Crippen molar-refractivity contribution in [3.8, 4) is 0 Å². The maximum absolute atomic E-state index is 13.7. The van der Waals surface area contributed by atoms with Gasteiger partial charge in [-0.2, -0.15) is 0 Å². The zero-order valence-electron chi connectivity index (χ0n) is 28.5. The third kappa shape index (κ3) is 6.96. The number of ether oxygens (including phenoxy) is 2. The van der Waals surface area contributed by atoms with Gasteiger partial charge in [0, 0.05) is 60.3 Å². The van der Waals surface area contributed by atoms with Crippen LogP contribution < -0.4 is 0 Å². The number of rotatable bonds is 11. The van der Waals surface area contributed by atoms with Gasteiger partial charge in [0.15, 0.2) is 0 Å². The van der Waals surface area contributed by atoms with Gasteiger partial charge >= 0.3 is 12.1 Å². The molecule has 2 fully saturated rings. The highest BCUT2D eigenvalue weighted by Gasteiger charge is 2.60. The first-order valence-electron chi connectivity index (χ1n) is 16.9. The molecular weight excluding hydrogens is 729 g/mol. The van der Waals surface area contributed by atoms with Crippen LogP contribution in [0.3, 0.4) is 0 Å². The fraction of sp³-hybridized carbons (Fsp3) is 0.371. The number of likely N-dealkylation sites (tertiary alicyclic amines) is 1. The van der Waals surface area contributed by atoms with Crippen LogP contribution in [-0.2, 0) is 32.3 Å². The van der Waals surface area contributed by atoms with E-state index in [2.05, 4.69) is 4.98 Å². The summed E-state index contributed by atoms with van der Waals surface area (Å²) in [6.07, 6.45) is 3.65. The summed E-state index contributed by atoms with van der Waals surface area (Å²) in [5.41, 5.74) is 1.86. The van der Waals surface area contributed by atoms with Crippen LogP contribution in [0.15, 0.2) is 71.8 Å². The number of thiazole rings is 1. The van der Waals surface area contributed by atoms with Crippen molar-refractivity contribution in [2.75, 3.05) is 13.1 Å². The first-order chi connectivity index (χ1) is 25.4. The van der Waals surface area contributed by atoms with Crippen LogP contribution in [0.5, 0.6) is 0 Å². The number of imidazole rings is 1. The maximum Gasteiger partial charge on any atom is 0.410 e. The van der Waals surface area contributed by atoms with Crippen LogP contribution in [-0.4, -0.2) is 82.6 Å². The van der Waals surface area contributed by atoms with Crippen molar-refractivity contribution < 1.29 is 38.8 Å². The number of thioether (sulfide) groups is 1. The number of aromatic nitrogens is 2. The van der Waals surface area contributed by atoms with Crippen LogP contribution in [0.4, 0.5) is 16.2 Å². The Morgan fingerprint density at radius 2 is 1.58 bits per heavy atom. The number of nitro groups is 2. The van der Waals surface area contributed by atoms with E-state index >= 15 is 0 Å². The highest BCUT2D eigenvalue weighted by Crippen LogP contribution is 2.52. The molecule has 1 N–H and O–H groups in total. The zero-order valence-corrected chi connectivity index (χ0v) is 30.2. The lowest BCUT2D eigenvalue weighted by Gasteiger charge is -2.46. The SMILES string of the molecule is C[C@@H](O)[C@H]1C(=O)N2C(C(=O)OCc3ccc([N+](=O)[O-])cc3)=C(c3cn4cnc(SC5CCN(C(=O)OCc6ccc([N+](=O)[O-])cc6)CC5)c4s3)[C@H](C)[C@H]12. The summed E-state index contributed by atoms with van der Waals surface area (Å²) < 4.78 is 13.0. The number of non-ortho nitro benzene ring substituents is 2. The number of benzene rings is 2. The second-order valence-electron chi connectivity index (χ2n) is 13.2. The minimum Gasteiger partial charge on any atom is -0.456 e. The summed E-state index contributed by atoms with van der Waals surface area (Å²) in [5.74, 6) is -2.00. The number of amides is 2. The minimum absolute atomic E-state index is 0.0134. The molecule has 0 unspecified atom stereocenters. The van der Waals surface area contributed by atoms with Gasteiger partial charge in [-0.1, -0.05) is 18.7 Å². The smallest absolute Gasteiger partial charge is 0.410 e. The Balaban J connectivity index is 1.03. The van der Waals surface area contributed by atoms with Gasteiger partial charge in [-0.25, -0.2) is 14.6 Å². The summed E-state index contributed by atoms with van der Waals surface area (Å²) in [5, 5.41) is 33.3. The van der Waals surface area contributed by atoms with Crippen molar-refractivity contribution >= 4 is 62.8 Å². The van der Waals surface area contributed by atoms with Crippen molar-refractivity contribution in [3.05, 3.63) is 103 Å². The fourth-order valence-corrected chi connectivity index (χ4v) is 9.52. The maximum atomic E-state index is 13.7. The van der Waals surface area contributed by atoms with Gasteiger partial charge in [-0.05, 0) is 55.2 Å². The van der Waals surface area contributed by atoms with Crippen LogP contribution in [0, 0.1) is 32.1 Å². The van der Waals surface area contributed by atoms with Gasteiger partial charge in [0.25, 0.3) is 11.4 Å². The van der Waals surface area contributed by atoms with E-state index in [0.29, 0.717) is 42.6 Å². The molecule has 3 aliphatic rings. The van der Waals surface area contributed by atoms with Crippen molar-refractivity contribution in [3.63, 3.8) is 0 Å². The first-order valence-corrected chi connectivity index (χ1v) is 18.5. The number of hydrogen-bond donors (Lipinski definition) is 1. The number of piperidine rings is 1. The Morgan fingerprint density at radius 1 is 1.00 bits per heavy atom. The molecule has 2 saturated heterocycles. The lowest BCUT2D eigenvalue weighted by Crippen LogP contribution is -2.63. The molecule has 0 radical (unpaired) electrons. The average molecular weight is 763 g/mol. The third-order valence-electron chi connectivity index (χ3n) is 9.82. The van der Waals surface area contributed by atoms with Gasteiger partial charge in [-0.3, -0.25) is 29.4 Å². The van der Waals surface area contributed by atoms with E-state index in [1.54, 1.807) is 42.0 Å². The summed E-state index contributed by atoms with van der Waals surface area (Å²) in [4.78, 5) is 70.0. The van der Waals surface area contributed by atoms with E-state index in [0.717, 1.165) is 14.7 Å². The standard InChI is InChI=1S/C35H34N6O10S2/c1-19-27(30(39-29(19)28(20(2)42)32(39)43)34(44)50-16-21-3-7-23(8-4-21)40(46)47)26-15-38-18-36-31(33(38)53-26)52-25-11-13-37(14-12-25)35(45)51-17-22-5-9-24(10-6-22)41(48)49/h3-10,15,18-20,25,28-29,42H,11-14,16-17H2,1-2H3/t19-,20+,28+,29+/m0/s1. The Morgan fingerprint density at radius 3 is 2.15 bits per heavy atom. The number of aliphatic hydroxyl groups is 1. The van der Waals surface area contributed by atoms with Crippen molar-refractivity contribution in [2.24, 2.45) is 11.8 Å². The molecule has 7 rings (SSSR count). The van der Waals surface area contributed by atoms with E-state index in [1.165, 1.54) is 52.6 Å². The van der Waals surface area contributed by atoms with Crippen LogP contribution in [0.25, 0.3) is 10.4 Å². The molecule has 2 amide bonds. The number of carbonyl (C=O) groups is 3. The predicted molar refractivity (Wildman–Crippen MR) is 192 cm³/mol. The van der Waals surface area contributed by atoms with E-state index in [1.807, 2.05) is 17.5 Å². The highest BCUT2D eigenvalue weighted by atomic mass is 32.2. The van der Waals surface area contributed by atoms with Crippen molar-refractivity contribution in [1.29, 1.82) is 0 Å². The first kappa shape index (κ1) is 36.0. The van der Waals surface area contributed by atoms with Gasteiger partial charge in [-0.15, -0.1) is 11.3 Å². The van der Waals surface area contributed by atoms with Gasteiger partial charge in [0.1, 0.15) is 35.1 Å². The molecule has 0 aliphatic carbocycles. The summed E-state index contributed by atoms with van der Waals surface area (Å²) in [6.45, 7) is 4.35. The normalized spacial score (nSPS) is 20.7. The lowest BCUT2D eigenvalue weighted by atomic mass is 9.77. The summed E-state index contributed by atoms with van der Waals surface area (Å²) in [7, 11) is 0. The molecule has 3 aliphatic heterocycles. The molecule has 16 nitrogen and oxygen atoms in total. The van der Waals surface area contributed by atoms with Crippen LogP contribution >= 0.6 is 23.1 Å². The molecule has 2 aromatic carbocycles. The Labute approximate surface area is 310 Å². The second-order valence-corrected chi connectivity index (χ2v) is 15.5. The molecule has 5 heterocycles. The molecule has 0 bridgehead atoms. The largest absolute Gasteiger partial charge is 0.456 e. The highest BCUT2D eigenvalue weighted by molar-refractivity contribution is 8.00. The lowest BCUT2D eigenvalue weighted by molar-refractivity contribution is -0.385. The molecule has 4 aromatic rings. The number of hydrogen-bond acceptors (Lipinski definition) is 13. The van der Waals surface area contributed by atoms with E-state index in [-0.39, 0.29) is 47.4 Å². The number of fused-ring (bicyclic) bond motifs is 2. The fourth-order valence-electron chi connectivity index (χ4n) is 7.06. The van der Waals surface area contributed by atoms with E-state index < -0.39 is 40.0 Å². The third-order valence-corrected chi connectivity index (χ3v) is 12.4. The Hall–Kier alpha value is -5.33. The molecule has 18 heteroatoms. The van der Waals surface area contributed by atoms with Gasteiger partial charge in [0.2, 0.25) is 5.91 Å². The monoisotopic (exact) mass is 762 g/mol. The molecule has 0 spiro atoms. The minimum atomic E-state index is -0.905.